The summed E-state index contributed by atoms with van der Waals surface area (Å²) in [7, 11) is 0. The largest absolute Gasteiger partial charge is 0.463 e. The summed E-state index contributed by atoms with van der Waals surface area (Å²) < 4.78 is 5.35. The van der Waals surface area contributed by atoms with E-state index >= 15 is 0 Å². The number of carbonyl (C=O) groups excluding carboxylic acids is 1. The summed E-state index contributed by atoms with van der Waals surface area (Å²) in [5.41, 5.74) is 1.32. The van der Waals surface area contributed by atoms with Gasteiger partial charge >= 0.3 is 0 Å². The second-order valence-corrected chi connectivity index (χ2v) is 4.73. The van der Waals surface area contributed by atoms with E-state index in [-0.39, 0.29) is 11.9 Å². The first-order valence-electron chi connectivity index (χ1n) is 6.05. The molecule has 0 spiro atoms. The van der Waals surface area contributed by atoms with Crippen molar-refractivity contribution >= 4 is 28.5 Å². The van der Waals surface area contributed by atoms with Crippen molar-refractivity contribution in [1.82, 2.24) is 5.32 Å². The average molecular weight is 266 g/mol. The van der Waals surface area contributed by atoms with E-state index in [0.717, 1.165) is 23.8 Å². The molecule has 0 saturated carbocycles. The Bertz CT molecular complexity index is 535. The van der Waals surface area contributed by atoms with Crippen LogP contribution in [0.2, 0.25) is 0 Å². The van der Waals surface area contributed by atoms with E-state index in [9.17, 15) is 4.79 Å². The number of fused-ring (bicyclic) bond motifs is 1. The van der Waals surface area contributed by atoms with Crippen LogP contribution in [0.1, 0.15) is 30.1 Å². The molecular weight excluding hydrogens is 250 g/mol. The number of hydrogen-bond donors (Lipinski definition) is 1. The summed E-state index contributed by atoms with van der Waals surface area (Å²) >= 11 is 5.63. The second kappa shape index (κ2) is 5.91. The van der Waals surface area contributed by atoms with Gasteiger partial charge in [0.1, 0.15) is 11.8 Å². The highest BCUT2D eigenvalue weighted by Crippen LogP contribution is 2.20. The fraction of sp³-hybridized carbons (Fsp3) is 0.357. The van der Waals surface area contributed by atoms with Crippen molar-refractivity contribution in [1.29, 1.82) is 0 Å². The smallest absolute Gasteiger partial charge is 0.255 e. The van der Waals surface area contributed by atoms with E-state index in [4.69, 9.17) is 16.0 Å². The van der Waals surface area contributed by atoms with Gasteiger partial charge in [-0.05, 0) is 25.8 Å². The van der Waals surface area contributed by atoms with Crippen molar-refractivity contribution in [3.63, 3.8) is 0 Å². The van der Waals surface area contributed by atoms with Gasteiger partial charge in [-0.15, -0.1) is 11.6 Å². The number of alkyl halides is 1. The van der Waals surface area contributed by atoms with Crippen LogP contribution in [0.15, 0.2) is 34.9 Å². The van der Waals surface area contributed by atoms with Crippen molar-refractivity contribution in [2.45, 2.75) is 25.8 Å². The molecule has 1 atom stereocenters. The van der Waals surface area contributed by atoms with Crippen LogP contribution >= 0.6 is 11.6 Å². The number of nitrogens with one attached hydrogen (secondary N) is 1. The molecular formula is C14H16ClNO2. The van der Waals surface area contributed by atoms with E-state index in [2.05, 4.69) is 5.32 Å². The van der Waals surface area contributed by atoms with Gasteiger partial charge in [0.05, 0.1) is 5.56 Å². The Morgan fingerprint density at radius 1 is 1.44 bits per heavy atom. The molecule has 0 saturated heterocycles. The van der Waals surface area contributed by atoms with Crippen LogP contribution in [-0.4, -0.2) is 17.8 Å². The van der Waals surface area contributed by atoms with E-state index in [1.54, 1.807) is 0 Å². The van der Waals surface area contributed by atoms with E-state index in [0.29, 0.717) is 11.4 Å². The zero-order chi connectivity index (χ0) is 13.0. The van der Waals surface area contributed by atoms with Gasteiger partial charge in [-0.3, -0.25) is 4.79 Å². The van der Waals surface area contributed by atoms with E-state index in [1.807, 2.05) is 31.2 Å². The Balaban J connectivity index is 2.09. The number of carbonyl (C=O) groups is 1. The monoisotopic (exact) mass is 265 g/mol. The normalized spacial score (nSPS) is 12.6. The van der Waals surface area contributed by atoms with Gasteiger partial charge < -0.3 is 9.73 Å². The molecule has 1 unspecified atom stereocenters. The Morgan fingerprint density at radius 3 is 3.00 bits per heavy atom. The molecule has 0 aliphatic rings. The second-order valence-electron chi connectivity index (χ2n) is 4.35. The van der Waals surface area contributed by atoms with Gasteiger partial charge in [-0.1, -0.05) is 18.2 Å². The SMILES string of the molecule is CC(CCCCl)NC(=O)c1coc2ccccc12. The molecule has 0 aliphatic carbocycles. The van der Waals surface area contributed by atoms with Crippen LogP contribution in [0.5, 0.6) is 0 Å². The molecule has 1 heterocycles. The van der Waals surface area contributed by atoms with Crippen molar-refractivity contribution in [2.24, 2.45) is 0 Å². The van der Waals surface area contributed by atoms with Gasteiger partial charge in [-0.25, -0.2) is 0 Å². The predicted octanol–water partition coefficient (Wildman–Crippen LogP) is 3.57. The first kappa shape index (κ1) is 13.0. The van der Waals surface area contributed by atoms with Crippen LogP contribution in [0.4, 0.5) is 0 Å². The van der Waals surface area contributed by atoms with Crippen molar-refractivity contribution in [3.8, 4) is 0 Å². The van der Waals surface area contributed by atoms with Gasteiger partial charge in [0, 0.05) is 17.3 Å². The lowest BCUT2D eigenvalue weighted by Crippen LogP contribution is -2.32. The summed E-state index contributed by atoms with van der Waals surface area (Å²) in [6.07, 6.45) is 3.29. The van der Waals surface area contributed by atoms with Gasteiger partial charge in [-0.2, -0.15) is 0 Å². The summed E-state index contributed by atoms with van der Waals surface area (Å²) in [4.78, 5) is 12.1. The Hall–Kier alpha value is -1.48. The van der Waals surface area contributed by atoms with Gasteiger partial charge in [0.15, 0.2) is 0 Å². The van der Waals surface area contributed by atoms with Crippen molar-refractivity contribution in [3.05, 3.63) is 36.1 Å². The Morgan fingerprint density at radius 2 is 2.22 bits per heavy atom. The fourth-order valence-corrected chi connectivity index (χ4v) is 2.06. The molecule has 1 aromatic carbocycles. The maximum atomic E-state index is 12.1. The van der Waals surface area contributed by atoms with Crippen LogP contribution in [-0.2, 0) is 0 Å². The average Bonchev–Trinajstić information content (AvgIpc) is 2.80. The van der Waals surface area contributed by atoms with Crippen LogP contribution in [0.3, 0.4) is 0 Å². The highest BCUT2D eigenvalue weighted by Gasteiger charge is 2.14. The quantitative estimate of drug-likeness (QED) is 0.840. The Labute approximate surface area is 111 Å². The maximum absolute atomic E-state index is 12.1. The molecule has 96 valence electrons. The summed E-state index contributed by atoms with van der Waals surface area (Å²) in [5.74, 6) is 0.525. The third kappa shape index (κ3) is 2.85. The molecule has 4 heteroatoms. The first-order chi connectivity index (χ1) is 8.72. The topological polar surface area (TPSA) is 42.2 Å². The lowest BCUT2D eigenvalue weighted by atomic mass is 10.1. The third-order valence-corrected chi connectivity index (χ3v) is 3.14. The molecule has 3 nitrogen and oxygen atoms in total. The lowest BCUT2D eigenvalue weighted by molar-refractivity contribution is 0.0939. The molecule has 1 amide bonds. The lowest BCUT2D eigenvalue weighted by Gasteiger charge is -2.12. The summed E-state index contributed by atoms with van der Waals surface area (Å²) in [5, 5.41) is 3.80. The molecule has 2 rings (SSSR count). The minimum atomic E-state index is -0.0953. The summed E-state index contributed by atoms with van der Waals surface area (Å²) in [6.45, 7) is 1.98. The van der Waals surface area contributed by atoms with Crippen molar-refractivity contribution in [2.75, 3.05) is 5.88 Å². The molecule has 2 aromatic rings. The first-order valence-corrected chi connectivity index (χ1v) is 6.59. The molecule has 0 bridgehead atoms. The predicted molar refractivity (Wildman–Crippen MR) is 73.1 cm³/mol. The molecule has 0 aliphatic heterocycles. The molecule has 0 fully saturated rings. The number of para-hydroxylation sites is 1. The highest BCUT2D eigenvalue weighted by atomic mass is 35.5. The third-order valence-electron chi connectivity index (χ3n) is 2.87. The summed E-state index contributed by atoms with van der Waals surface area (Å²) in [6, 6.07) is 7.63. The standard InChI is InChI=1S/C14H16ClNO2/c1-10(5-4-8-15)16-14(17)12-9-18-13-7-3-2-6-11(12)13/h2-3,6-7,9-10H,4-5,8H2,1H3,(H,16,17). The number of hydrogen-bond acceptors (Lipinski definition) is 2. The maximum Gasteiger partial charge on any atom is 0.255 e. The van der Waals surface area contributed by atoms with Crippen LogP contribution in [0, 0.1) is 0 Å². The molecule has 1 aromatic heterocycles. The zero-order valence-electron chi connectivity index (χ0n) is 10.3. The molecule has 1 N–H and O–H groups in total. The molecule has 0 radical (unpaired) electrons. The minimum absolute atomic E-state index is 0.0953. The number of benzene rings is 1. The number of furan rings is 1. The van der Waals surface area contributed by atoms with Gasteiger partial charge in [0.25, 0.3) is 5.91 Å². The molecule has 18 heavy (non-hydrogen) atoms. The highest BCUT2D eigenvalue weighted by molar-refractivity contribution is 6.17. The van der Waals surface area contributed by atoms with Crippen molar-refractivity contribution < 1.29 is 9.21 Å². The zero-order valence-corrected chi connectivity index (χ0v) is 11.0. The van der Waals surface area contributed by atoms with E-state index in [1.165, 1.54) is 6.26 Å². The Kier molecular flexibility index (Phi) is 4.26. The number of halogens is 1. The number of rotatable bonds is 5. The van der Waals surface area contributed by atoms with E-state index < -0.39 is 0 Å². The number of amides is 1. The van der Waals surface area contributed by atoms with Gasteiger partial charge in [0.2, 0.25) is 0 Å². The van der Waals surface area contributed by atoms with Crippen LogP contribution in [0.25, 0.3) is 11.0 Å². The minimum Gasteiger partial charge on any atom is -0.463 e. The fourth-order valence-electron chi connectivity index (χ4n) is 1.91. The van der Waals surface area contributed by atoms with Crippen LogP contribution < -0.4 is 5.32 Å².